The molecule has 2 nitrogen and oxygen atoms in total. The van der Waals surface area contributed by atoms with Crippen molar-refractivity contribution in [2.24, 2.45) is 5.73 Å². The van der Waals surface area contributed by atoms with Crippen LogP contribution in [-0.2, 0) is 6.42 Å². The minimum atomic E-state index is -0.504. The third-order valence-electron chi connectivity index (χ3n) is 1.53. The van der Waals surface area contributed by atoms with Crippen molar-refractivity contribution in [3.63, 3.8) is 0 Å². The van der Waals surface area contributed by atoms with Gasteiger partial charge < -0.3 is 5.73 Å². The Morgan fingerprint density at radius 2 is 1.92 bits per heavy atom. The largest absolute Gasteiger partial charge is 0.316 e. The predicted octanol–water partition coefficient (Wildman–Crippen LogP) is 1.64. The van der Waals surface area contributed by atoms with Gasteiger partial charge in [-0.15, -0.1) is 12.4 Å². The Kier molecular flexibility index (Phi) is 5.05. The van der Waals surface area contributed by atoms with Crippen LogP contribution in [0.15, 0.2) is 24.3 Å². The SMILES string of the molecule is Cl.N#CC(N)Cc1ccc(F)cc1. The Morgan fingerprint density at radius 3 is 2.38 bits per heavy atom. The molecule has 0 saturated heterocycles. The molecule has 0 saturated carbocycles. The van der Waals surface area contributed by atoms with Crippen molar-refractivity contribution in [3.8, 4) is 6.07 Å². The molecule has 0 spiro atoms. The second-order valence-corrected chi connectivity index (χ2v) is 2.57. The number of hydrogen-bond donors (Lipinski definition) is 1. The number of benzene rings is 1. The summed E-state index contributed by atoms with van der Waals surface area (Å²) in [6.45, 7) is 0. The summed E-state index contributed by atoms with van der Waals surface area (Å²) in [5.74, 6) is -0.274. The minimum Gasteiger partial charge on any atom is -0.316 e. The first-order valence-corrected chi connectivity index (χ1v) is 3.62. The number of nitrogens with two attached hydrogens (primary N) is 1. The average Bonchev–Trinajstić information content (AvgIpc) is 2.09. The standard InChI is InChI=1S/C9H9FN2.ClH/c10-8-3-1-7(2-4-8)5-9(12)6-11;/h1-4,9H,5,12H2;1H. The van der Waals surface area contributed by atoms with Gasteiger partial charge in [0, 0.05) is 6.42 Å². The molecule has 0 aliphatic heterocycles. The van der Waals surface area contributed by atoms with Gasteiger partial charge >= 0.3 is 0 Å². The lowest BCUT2D eigenvalue weighted by molar-refractivity contribution is 0.626. The summed E-state index contributed by atoms with van der Waals surface area (Å²) in [6.07, 6.45) is 0.469. The second kappa shape index (κ2) is 5.52. The lowest BCUT2D eigenvalue weighted by Crippen LogP contribution is -2.19. The van der Waals surface area contributed by atoms with E-state index in [2.05, 4.69) is 0 Å². The van der Waals surface area contributed by atoms with Crippen molar-refractivity contribution < 1.29 is 4.39 Å². The molecule has 0 bridgehead atoms. The number of nitriles is 1. The van der Waals surface area contributed by atoms with Crippen LogP contribution in [0, 0.1) is 17.1 Å². The van der Waals surface area contributed by atoms with Gasteiger partial charge in [0.05, 0.1) is 12.1 Å². The normalized spacial score (nSPS) is 11.2. The van der Waals surface area contributed by atoms with Gasteiger partial charge in [-0.1, -0.05) is 12.1 Å². The Labute approximate surface area is 82.6 Å². The van der Waals surface area contributed by atoms with Gasteiger partial charge in [-0.25, -0.2) is 4.39 Å². The minimum absolute atomic E-state index is 0. The summed E-state index contributed by atoms with van der Waals surface area (Å²) >= 11 is 0. The first-order valence-electron chi connectivity index (χ1n) is 3.62. The lowest BCUT2D eigenvalue weighted by atomic mass is 10.1. The molecule has 4 heteroatoms. The van der Waals surface area contributed by atoms with Crippen molar-refractivity contribution in [2.75, 3.05) is 0 Å². The van der Waals surface area contributed by atoms with Crippen molar-refractivity contribution in [3.05, 3.63) is 35.6 Å². The van der Waals surface area contributed by atoms with Gasteiger partial charge in [-0.3, -0.25) is 0 Å². The van der Waals surface area contributed by atoms with Gasteiger partial charge in [-0.2, -0.15) is 5.26 Å². The first-order chi connectivity index (χ1) is 5.72. The fourth-order valence-electron chi connectivity index (χ4n) is 0.920. The summed E-state index contributed by atoms with van der Waals surface area (Å²) in [5.41, 5.74) is 6.27. The van der Waals surface area contributed by atoms with E-state index < -0.39 is 6.04 Å². The first kappa shape index (κ1) is 11.9. The average molecular weight is 201 g/mol. The highest BCUT2D eigenvalue weighted by molar-refractivity contribution is 5.85. The van der Waals surface area contributed by atoms with Gasteiger partial charge in [0.15, 0.2) is 0 Å². The molecule has 70 valence electrons. The zero-order valence-electron chi connectivity index (χ0n) is 6.90. The van der Waals surface area contributed by atoms with E-state index in [1.807, 2.05) is 6.07 Å². The molecule has 1 aromatic rings. The fraction of sp³-hybridized carbons (Fsp3) is 0.222. The van der Waals surface area contributed by atoms with Crippen molar-refractivity contribution in [1.82, 2.24) is 0 Å². The maximum atomic E-state index is 12.4. The number of hydrogen-bond acceptors (Lipinski definition) is 2. The van der Waals surface area contributed by atoms with E-state index in [4.69, 9.17) is 11.0 Å². The van der Waals surface area contributed by atoms with Crippen molar-refractivity contribution >= 4 is 12.4 Å². The Balaban J connectivity index is 0.00000144. The number of halogens is 2. The predicted molar refractivity (Wildman–Crippen MR) is 50.9 cm³/mol. The monoisotopic (exact) mass is 200 g/mol. The van der Waals surface area contributed by atoms with Gasteiger partial charge in [0.2, 0.25) is 0 Å². The number of rotatable bonds is 2. The van der Waals surface area contributed by atoms with Crippen molar-refractivity contribution in [2.45, 2.75) is 12.5 Å². The van der Waals surface area contributed by atoms with Crippen LogP contribution in [0.2, 0.25) is 0 Å². The van der Waals surface area contributed by atoms with E-state index in [0.29, 0.717) is 6.42 Å². The van der Waals surface area contributed by atoms with Crippen LogP contribution in [0.1, 0.15) is 5.56 Å². The van der Waals surface area contributed by atoms with Gasteiger partial charge in [0.25, 0.3) is 0 Å². The molecule has 0 radical (unpaired) electrons. The highest BCUT2D eigenvalue weighted by Gasteiger charge is 2.01. The van der Waals surface area contributed by atoms with E-state index in [1.54, 1.807) is 12.1 Å². The van der Waals surface area contributed by atoms with Crippen LogP contribution < -0.4 is 5.73 Å². The molecule has 1 atom stereocenters. The molecule has 0 amide bonds. The topological polar surface area (TPSA) is 49.8 Å². The van der Waals surface area contributed by atoms with Crippen LogP contribution in [-0.4, -0.2) is 6.04 Å². The second-order valence-electron chi connectivity index (χ2n) is 2.57. The molecule has 0 aliphatic rings. The quantitative estimate of drug-likeness (QED) is 0.789. The Hall–Kier alpha value is -1.11. The van der Waals surface area contributed by atoms with Gasteiger partial charge in [-0.05, 0) is 17.7 Å². The molecule has 0 heterocycles. The molecule has 0 aliphatic carbocycles. The maximum absolute atomic E-state index is 12.4. The summed E-state index contributed by atoms with van der Waals surface area (Å²) in [5, 5.41) is 8.40. The van der Waals surface area contributed by atoms with E-state index in [1.165, 1.54) is 12.1 Å². The third-order valence-corrected chi connectivity index (χ3v) is 1.53. The molecule has 0 fully saturated rings. The summed E-state index contributed by atoms with van der Waals surface area (Å²) in [7, 11) is 0. The summed E-state index contributed by atoms with van der Waals surface area (Å²) < 4.78 is 12.4. The highest BCUT2D eigenvalue weighted by Crippen LogP contribution is 2.04. The van der Waals surface area contributed by atoms with Crippen LogP contribution in [0.5, 0.6) is 0 Å². The Morgan fingerprint density at radius 1 is 1.38 bits per heavy atom. The molecule has 13 heavy (non-hydrogen) atoms. The molecule has 1 rings (SSSR count). The summed E-state index contributed by atoms with van der Waals surface area (Å²) in [6, 6.07) is 7.39. The van der Waals surface area contributed by atoms with Crippen LogP contribution >= 0.6 is 12.4 Å². The number of nitrogens with zero attached hydrogens (tertiary/aromatic N) is 1. The smallest absolute Gasteiger partial charge is 0.123 e. The van der Waals surface area contributed by atoms with E-state index >= 15 is 0 Å². The Bertz CT molecular complexity index is 291. The van der Waals surface area contributed by atoms with Crippen molar-refractivity contribution in [1.29, 1.82) is 5.26 Å². The molecule has 0 aromatic heterocycles. The van der Waals surface area contributed by atoms with E-state index in [0.717, 1.165) is 5.56 Å². The lowest BCUT2D eigenvalue weighted by Gasteiger charge is -2.01. The summed E-state index contributed by atoms with van der Waals surface area (Å²) in [4.78, 5) is 0. The highest BCUT2D eigenvalue weighted by atomic mass is 35.5. The molecule has 1 unspecified atom stereocenters. The van der Waals surface area contributed by atoms with Crippen LogP contribution in [0.4, 0.5) is 4.39 Å². The zero-order valence-corrected chi connectivity index (χ0v) is 7.72. The third kappa shape index (κ3) is 3.88. The van der Waals surface area contributed by atoms with E-state index in [9.17, 15) is 4.39 Å². The molecular weight excluding hydrogens is 191 g/mol. The van der Waals surface area contributed by atoms with Crippen LogP contribution in [0.25, 0.3) is 0 Å². The van der Waals surface area contributed by atoms with Crippen LogP contribution in [0.3, 0.4) is 0 Å². The van der Waals surface area contributed by atoms with E-state index in [-0.39, 0.29) is 18.2 Å². The zero-order chi connectivity index (χ0) is 8.97. The molecule has 2 N–H and O–H groups in total. The maximum Gasteiger partial charge on any atom is 0.123 e. The fourth-order valence-corrected chi connectivity index (χ4v) is 0.920. The molecule has 1 aromatic carbocycles. The molecular formula is C9H10ClFN2. The van der Waals surface area contributed by atoms with Gasteiger partial charge in [0.1, 0.15) is 5.82 Å².